The van der Waals surface area contributed by atoms with Crippen molar-refractivity contribution in [2.24, 2.45) is 0 Å². The first-order valence-electron chi connectivity index (χ1n) is 5.15. The molecule has 0 amide bonds. The van der Waals surface area contributed by atoms with Gasteiger partial charge in [-0.05, 0) is 6.92 Å². The Bertz CT molecular complexity index is 744. The smallest absolute Gasteiger partial charge is 0.338 e. The first-order valence-corrected chi connectivity index (χ1v) is 5.15. The van der Waals surface area contributed by atoms with Gasteiger partial charge in [-0.2, -0.15) is 15.2 Å². The molecular weight excluding hydrogens is 236 g/mol. The summed E-state index contributed by atoms with van der Waals surface area (Å²) in [5, 5.41) is 16.5. The molecule has 0 aliphatic carbocycles. The number of imidazole rings is 1. The van der Waals surface area contributed by atoms with Gasteiger partial charge in [-0.25, -0.2) is 4.79 Å². The van der Waals surface area contributed by atoms with E-state index in [0.717, 1.165) is 0 Å². The van der Waals surface area contributed by atoms with Crippen LogP contribution in [0.4, 0.5) is 0 Å². The summed E-state index contributed by atoms with van der Waals surface area (Å²) in [6, 6.07) is 0. The van der Waals surface area contributed by atoms with Gasteiger partial charge in [0.1, 0.15) is 6.26 Å². The van der Waals surface area contributed by atoms with Crippen LogP contribution < -0.4 is 0 Å². The minimum absolute atomic E-state index is 0.0797. The van der Waals surface area contributed by atoms with Gasteiger partial charge in [-0.15, -0.1) is 0 Å². The van der Waals surface area contributed by atoms with Crippen LogP contribution in [0.3, 0.4) is 0 Å². The van der Waals surface area contributed by atoms with Gasteiger partial charge in [0, 0.05) is 11.8 Å². The first kappa shape index (κ1) is 10.5. The van der Waals surface area contributed by atoms with E-state index in [-0.39, 0.29) is 5.56 Å². The number of carboxylic acid groups (broad SMARTS) is 1. The van der Waals surface area contributed by atoms with Crippen LogP contribution in [0.15, 0.2) is 29.3 Å². The molecule has 0 atom stereocenters. The van der Waals surface area contributed by atoms with E-state index in [0.29, 0.717) is 22.8 Å². The maximum atomic E-state index is 11.2. The Morgan fingerprint density at radius 3 is 2.94 bits per heavy atom. The summed E-state index contributed by atoms with van der Waals surface area (Å²) in [4.78, 5) is 15.4. The van der Waals surface area contributed by atoms with E-state index in [2.05, 4.69) is 15.2 Å². The van der Waals surface area contributed by atoms with Gasteiger partial charge < -0.3 is 9.52 Å². The summed E-state index contributed by atoms with van der Waals surface area (Å²) in [6.45, 7) is 1.78. The fraction of sp³-hybridized carbons (Fsp3) is 0.0909. The number of hydrogen-bond acceptors (Lipinski definition) is 5. The number of hydrogen-bond donors (Lipinski definition) is 1. The number of carbonyl (C=O) groups is 1. The van der Waals surface area contributed by atoms with Crippen molar-refractivity contribution in [2.45, 2.75) is 6.92 Å². The molecule has 7 nitrogen and oxygen atoms in total. The van der Waals surface area contributed by atoms with Gasteiger partial charge in [0.05, 0.1) is 29.3 Å². The Morgan fingerprint density at radius 1 is 1.39 bits per heavy atom. The zero-order chi connectivity index (χ0) is 12.7. The average Bonchev–Trinajstić information content (AvgIpc) is 2.88. The lowest BCUT2D eigenvalue weighted by Gasteiger charge is -2.03. The predicted octanol–water partition coefficient (Wildman–Crippen LogP) is 1.39. The molecule has 7 heteroatoms. The minimum atomic E-state index is -1.06. The number of aryl methyl sites for hydroxylation is 1. The largest absolute Gasteiger partial charge is 0.478 e. The maximum absolute atomic E-state index is 11.2. The van der Waals surface area contributed by atoms with Crippen molar-refractivity contribution in [2.75, 3.05) is 0 Å². The van der Waals surface area contributed by atoms with Crippen LogP contribution in [0.1, 0.15) is 16.1 Å². The van der Waals surface area contributed by atoms with E-state index < -0.39 is 5.97 Å². The van der Waals surface area contributed by atoms with E-state index >= 15 is 0 Å². The number of nitrogens with zero attached hydrogens (tertiary/aromatic N) is 4. The second-order valence-electron chi connectivity index (χ2n) is 3.72. The van der Waals surface area contributed by atoms with E-state index in [1.807, 2.05) is 0 Å². The summed E-state index contributed by atoms with van der Waals surface area (Å²) in [7, 11) is 0. The van der Waals surface area contributed by atoms with Crippen molar-refractivity contribution >= 4 is 11.8 Å². The highest BCUT2D eigenvalue weighted by Gasteiger charge is 2.19. The molecule has 1 N–H and O–H groups in total. The quantitative estimate of drug-likeness (QED) is 0.732. The van der Waals surface area contributed by atoms with Crippen LogP contribution in [0, 0.1) is 6.92 Å². The fourth-order valence-corrected chi connectivity index (χ4v) is 1.90. The van der Waals surface area contributed by atoms with E-state index in [4.69, 9.17) is 9.52 Å². The molecule has 3 aromatic heterocycles. The molecule has 3 aromatic rings. The molecular formula is C11H8N4O3. The lowest BCUT2D eigenvalue weighted by molar-refractivity contribution is 0.0697. The minimum Gasteiger partial charge on any atom is -0.478 e. The molecule has 0 spiro atoms. The molecule has 0 aromatic carbocycles. The fourth-order valence-electron chi connectivity index (χ4n) is 1.90. The third-order valence-corrected chi connectivity index (χ3v) is 2.65. The number of oxazole rings is 1. The molecule has 3 heterocycles. The van der Waals surface area contributed by atoms with Crippen LogP contribution >= 0.6 is 0 Å². The Hall–Kier alpha value is -2.70. The van der Waals surface area contributed by atoms with Gasteiger partial charge >= 0.3 is 11.8 Å². The van der Waals surface area contributed by atoms with Gasteiger partial charge in [0.2, 0.25) is 0 Å². The molecule has 0 bridgehead atoms. The van der Waals surface area contributed by atoms with Crippen LogP contribution in [0.5, 0.6) is 0 Å². The standard InChI is InChI=1S/C11H8N4O3/c1-6-9(15-2-3-18-11(15)14-6)7-4-12-13-5-8(7)10(16)17/h2-5H,1H3,(H,16,17). The molecule has 90 valence electrons. The van der Waals surface area contributed by atoms with Crippen molar-refractivity contribution in [3.63, 3.8) is 0 Å². The highest BCUT2D eigenvalue weighted by molar-refractivity contribution is 5.95. The van der Waals surface area contributed by atoms with E-state index in [1.165, 1.54) is 18.7 Å². The van der Waals surface area contributed by atoms with E-state index in [9.17, 15) is 4.79 Å². The Morgan fingerprint density at radius 2 is 2.17 bits per heavy atom. The second kappa shape index (κ2) is 3.66. The van der Waals surface area contributed by atoms with Crippen LogP contribution in [-0.2, 0) is 0 Å². The van der Waals surface area contributed by atoms with Crippen LogP contribution in [0.25, 0.3) is 17.1 Å². The first-order chi connectivity index (χ1) is 8.68. The lowest BCUT2D eigenvalue weighted by atomic mass is 10.1. The molecule has 0 unspecified atom stereocenters. The van der Waals surface area contributed by atoms with Gasteiger partial charge in [0.15, 0.2) is 0 Å². The summed E-state index contributed by atoms with van der Waals surface area (Å²) < 4.78 is 6.85. The Labute approximate surface area is 101 Å². The maximum Gasteiger partial charge on any atom is 0.338 e. The molecule has 0 fully saturated rings. The van der Waals surface area contributed by atoms with Crippen molar-refractivity contribution < 1.29 is 14.3 Å². The van der Waals surface area contributed by atoms with Crippen molar-refractivity contribution in [3.05, 3.63) is 36.1 Å². The lowest BCUT2D eigenvalue weighted by Crippen LogP contribution is -2.03. The zero-order valence-electron chi connectivity index (χ0n) is 9.36. The third-order valence-electron chi connectivity index (χ3n) is 2.65. The monoisotopic (exact) mass is 244 g/mol. The third kappa shape index (κ3) is 1.37. The van der Waals surface area contributed by atoms with Crippen molar-refractivity contribution in [1.29, 1.82) is 0 Å². The normalized spacial score (nSPS) is 10.9. The van der Waals surface area contributed by atoms with Gasteiger partial charge in [0.25, 0.3) is 0 Å². The molecule has 3 rings (SSSR count). The zero-order valence-corrected chi connectivity index (χ0v) is 9.36. The topological polar surface area (TPSA) is 93.5 Å². The number of aromatic carboxylic acids is 1. The number of rotatable bonds is 2. The Balaban J connectivity index is 2.35. The van der Waals surface area contributed by atoms with Crippen molar-refractivity contribution in [1.82, 2.24) is 19.6 Å². The number of aromatic nitrogens is 4. The van der Waals surface area contributed by atoms with Crippen LogP contribution in [0.2, 0.25) is 0 Å². The van der Waals surface area contributed by atoms with Crippen molar-refractivity contribution in [3.8, 4) is 11.3 Å². The predicted molar refractivity (Wildman–Crippen MR) is 60.2 cm³/mol. The number of carboxylic acids is 1. The summed E-state index contributed by atoms with van der Waals surface area (Å²) in [5.74, 6) is -0.645. The van der Waals surface area contributed by atoms with Gasteiger partial charge in [-0.3, -0.25) is 4.40 Å². The SMILES string of the molecule is Cc1nc2occn2c1-c1cnncc1C(=O)O. The molecule has 18 heavy (non-hydrogen) atoms. The highest BCUT2D eigenvalue weighted by Crippen LogP contribution is 2.27. The summed E-state index contributed by atoms with van der Waals surface area (Å²) >= 11 is 0. The molecule has 0 aliphatic rings. The van der Waals surface area contributed by atoms with Crippen LogP contribution in [-0.4, -0.2) is 30.7 Å². The summed E-state index contributed by atoms with van der Waals surface area (Å²) in [6.07, 6.45) is 5.79. The average molecular weight is 244 g/mol. The molecule has 0 aliphatic heterocycles. The molecule has 0 saturated heterocycles. The Kier molecular flexibility index (Phi) is 2.12. The summed E-state index contributed by atoms with van der Waals surface area (Å²) in [5.41, 5.74) is 1.86. The molecule has 0 saturated carbocycles. The molecule has 0 radical (unpaired) electrons. The second-order valence-corrected chi connectivity index (χ2v) is 3.72. The van der Waals surface area contributed by atoms with Gasteiger partial charge in [-0.1, -0.05) is 0 Å². The number of fused-ring (bicyclic) bond motifs is 1. The highest BCUT2D eigenvalue weighted by atomic mass is 16.4. The van der Waals surface area contributed by atoms with E-state index in [1.54, 1.807) is 17.5 Å².